The molecule has 0 atom stereocenters. The van der Waals surface area contributed by atoms with Gasteiger partial charge in [0.1, 0.15) is 30.8 Å². The van der Waals surface area contributed by atoms with Crippen LogP contribution in [-0.4, -0.2) is 13.2 Å². The van der Waals surface area contributed by atoms with E-state index < -0.39 is 0 Å². The van der Waals surface area contributed by atoms with E-state index in [0.717, 1.165) is 5.75 Å². The maximum atomic E-state index is 9.18. The van der Waals surface area contributed by atoms with E-state index in [9.17, 15) is 5.26 Å². The Balaban J connectivity index is 2.09. The van der Waals surface area contributed by atoms with Gasteiger partial charge >= 0.3 is 0 Å². The maximum Gasteiger partial charge on any atom is 0.137 e. The average molecular weight is 386 g/mol. The fraction of sp³-hybridized carbons (Fsp3) is 0.435. The summed E-state index contributed by atoms with van der Waals surface area (Å²) in [4.78, 5) is 0. The predicted octanol–water partition coefficient (Wildman–Crippen LogP) is 6.26. The molecule has 27 heavy (non-hydrogen) atoms. The topological polar surface area (TPSA) is 42.2 Å². The Morgan fingerprint density at radius 2 is 1.44 bits per heavy atom. The molecule has 2 aromatic carbocycles. The summed E-state index contributed by atoms with van der Waals surface area (Å²) in [7, 11) is 0. The normalized spacial score (nSPS) is 11.8. The van der Waals surface area contributed by atoms with Crippen molar-refractivity contribution in [3.8, 4) is 17.6 Å². The van der Waals surface area contributed by atoms with Gasteiger partial charge in [0, 0.05) is 5.02 Å². The summed E-state index contributed by atoms with van der Waals surface area (Å²) < 4.78 is 11.7. The van der Waals surface area contributed by atoms with Crippen molar-refractivity contribution in [1.29, 1.82) is 5.26 Å². The van der Waals surface area contributed by atoms with Crippen molar-refractivity contribution in [3.63, 3.8) is 0 Å². The minimum absolute atomic E-state index is 0.0262. The number of hydrogen-bond donors (Lipinski definition) is 0. The van der Waals surface area contributed by atoms with Crippen molar-refractivity contribution in [2.24, 2.45) is 0 Å². The van der Waals surface area contributed by atoms with E-state index in [1.807, 2.05) is 6.07 Å². The van der Waals surface area contributed by atoms with Crippen LogP contribution < -0.4 is 9.47 Å². The number of rotatable bonds is 5. The highest BCUT2D eigenvalue weighted by Gasteiger charge is 2.23. The lowest BCUT2D eigenvalue weighted by molar-refractivity contribution is 0.214. The van der Waals surface area contributed by atoms with Gasteiger partial charge < -0.3 is 9.47 Å². The van der Waals surface area contributed by atoms with Crippen LogP contribution in [0.5, 0.6) is 11.5 Å². The van der Waals surface area contributed by atoms with E-state index in [0.29, 0.717) is 29.5 Å². The van der Waals surface area contributed by atoms with Crippen LogP contribution in [0.2, 0.25) is 5.02 Å². The first-order valence-electron chi connectivity index (χ1n) is 9.12. The van der Waals surface area contributed by atoms with Gasteiger partial charge in [0.25, 0.3) is 0 Å². The van der Waals surface area contributed by atoms with E-state index in [4.69, 9.17) is 21.1 Å². The molecule has 4 heteroatoms. The van der Waals surface area contributed by atoms with E-state index in [1.165, 1.54) is 11.1 Å². The fourth-order valence-electron chi connectivity index (χ4n) is 2.73. The largest absolute Gasteiger partial charge is 0.490 e. The highest BCUT2D eigenvalue weighted by atomic mass is 35.5. The van der Waals surface area contributed by atoms with Gasteiger partial charge in [0.2, 0.25) is 0 Å². The lowest BCUT2D eigenvalue weighted by Gasteiger charge is -2.27. The zero-order valence-corrected chi connectivity index (χ0v) is 17.8. The number of hydrogen-bond acceptors (Lipinski definition) is 3. The second kappa shape index (κ2) is 8.23. The Bertz CT molecular complexity index is 839. The van der Waals surface area contributed by atoms with Gasteiger partial charge in [0.15, 0.2) is 0 Å². The van der Waals surface area contributed by atoms with E-state index in [2.05, 4.69) is 59.7 Å². The lowest BCUT2D eigenvalue weighted by Crippen LogP contribution is -2.19. The summed E-state index contributed by atoms with van der Waals surface area (Å²) in [6.07, 6.45) is 0. The van der Waals surface area contributed by atoms with Gasteiger partial charge in [0.05, 0.1) is 5.56 Å². The molecule has 0 aromatic heterocycles. The third kappa shape index (κ3) is 5.65. The van der Waals surface area contributed by atoms with Crippen LogP contribution in [0.15, 0.2) is 36.4 Å². The van der Waals surface area contributed by atoms with Crippen molar-refractivity contribution >= 4 is 11.6 Å². The molecule has 0 saturated carbocycles. The first-order chi connectivity index (χ1) is 12.5. The van der Waals surface area contributed by atoms with Gasteiger partial charge in [-0.05, 0) is 46.2 Å². The monoisotopic (exact) mass is 385 g/mol. The summed E-state index contributed by atoms with van der Waals surface area (Å²) in [6.45, 7) is 13.9. The molecule has 0 aliphatic rings. The average Bonchev–Trinajstić information content (AvgIpc) is 2.57. The van der Waals surface area contributed by atoms with Gasteiger partial charge in [-0.1, -0.05) is 65.3 Å². The van der Waals surface area contributed by atoms with Gasteiger partial charge in [-0.15, -0.1) is 0 Å². The van der Waals surface area contributed by atoms with Gasteiger partial charge in [-0.25, -0.2) is 0 Å². The molecule has 0 N–H and O–H groups in total. The van der Waals surface area contributed by atoms with Crippen LogP contribution in [0.4, 0.5) is 0 Å². The molecule has 0 radical (unpaired) electrons. The standard InChI is InChI=1S/C23H28ClNO2/c1-22(2,3)17-7-9-21(19(14-17)23(4,5)6)27-12-11-26-20-10-8-18(24)13-16(20)15-25/h7-10,13-14H,11-12H2,1-6H3. The SMILES string of the molecule is CC(C)(C)c1ccc(OCCOc2ccc(Cl)cc2C#N)c(C(C)(C)C)c1. The summed E-state index contributed by atoms with van der Waals surface area (Å²) in [6, 6.07) is 13.5. The van der Waals surface area contributed by atoms with Crippen LogP contribution in [0, 0.1) is 11.3 Å². The number of nitriles is 1. The molecule has 0 amide bonds. The first-order valence-corrected chi connectivity index (χ1v) is 9.50. The quantitative estimate of drug-likeness (QED) is 0.570. The van der Waals surface area contributed by atoms with Crippen LogP contribution in [0.3, 0.4) is 0 Å². The van der Waals surface area contributed by atoms with E-state index in [-0.39, 0.29) is 10.8 Å². The number of nitrogens with zero attached hydrogens (tertiary/aromatic N) is 1. The smallest absolute Gasteiger partial charge is 0.137 e. The van der Waals surface area contributed by atoms with Gasteiger partial charge in [-0.2, -0.15) is 5.26 Å². The van der Waals surface area contributed by atoms with Crippen LogP contribution in [0.25, 0.3) is 0 Å². The van der Waals surface area contributed by atoms with Crippen molar-refractivity contribution in [1.82, 2.24) is 0 Å². The van der Waals surface area contributed by atoms with Crippen LogP contribution in [-0.2, 0) is 10.8 Å². The molecular weight excluding hydrogens is 358 g/mol. The molecule has 2 aromatic rings. The highest BCUT2D eigenvalue weighted by molar-refractivity contribution is 6.30. The second-order valence-corrected chi connectivity index (χ2v) is 9.10. The third-order valence-electron chi connectivity index (χ3n) is 4.31. The summed E-state index contributed by atoms with van der Waals surface area (Å²) >= 11 is 5.91. The number of halogens is 1. The van der Waals surface area contributed by atoms with Crippen LogP contribution >= 0.6 is 11.6 Å². The van der Waals surface area contributed by atoms with Gasteiger partial charge in [-0.3, -0.25) is 0 Å². The van der Waals surface area contributed by atoms with Crippen molar-refractivity contribution < 1.29 is 9.47 Å². The molecular formula is C23H28ClNO2. The zero-order valence-electron chi connectivity index (χ0n) is 17.0. The van der Waals surface area contributed by atoms with Crippen molar-refractivity contribution in [2.45, 2.75) is 52.4 Å². The predicted molar refractivity (Wildman–Crippen MR) is 111 cm³/mol. The molecule has 0 fully saturated rings. The molecule has 3 nitrogen and oxygen atoms in total. The molecule has 2 rings (SSSR count). The molecule has 0 saturated heterocycles. The third-order valence-corrected chi connectivity index (χ3v) is 4.55. The Morgan fingerprint density at radius 3 is 2.00 bits per heavy atom. The molecule has 144 valence electrons. The van der Waals surface area contributed by atoms with Crippen LogP contribution in [0.1, 0.15) is 58.2 Å². The summed E-state index contributed by atoms with van der Waals surface area (Å²) in [5.74, 6) is 1.39. The lowest BCUT2D eigenvalue weighted by atomic mass is 9.80. The summed E-state index contributed by atoms with van der Waals surface area (Å²) in [5, 5.41) is 9.69. The van der Waals surface area contributed by atoms with E-state index in [1.54, 1.807) is 18.2 Å². The Morgan fingerprint density at radius 1 is 0.852 bits per heavy atom. The van der Waals surface area contributed by atoms with Crippen molar-refractivity contribution in [2.75, 3.05) is 13.2 Å². The second-order valence-electron chi connectivity index (χ2n) is 8.66. The van der Waals surface area contributed by atoms with E-state index >= 15 is 0 Å². The first kappa shape index (κ1) is 21.1. The number of benzene rings is 2. The minimum Gasteiger partial charge on any atom is -0.490 e. The molecule has 0 spiro atoms. The molecule has 0 unspecified atom stereocenters. The molecule has 0 aliphatic heterocycles. The van der Waals surface area contributed by atoms with Crippen molar-refractivity contribution in [3.05, 3.63) is 58.1 Å². The summed E-state index contributed by atoms with van der Waals surface area (Å²) in [5.41, 5.74) is 2.95. The zero-order chi connectivity index (χ0) is 20.2. The molecule has 0 aliphatic carbocycles. The molecule has 0 bridgehead atoms. The number of ether oxygens (including phenoxy) is 2. The fourth-order valence-corrected chi connectivity index (χ4v) is 2.90. The highest BCUT2D eigenvalue weighted by Crippen LogP contribution is 2.35. The maximum absolute atomic E-state index is 9.18. The minimum atomic E-state index is -0.0262. The Labute approximate surface area is 167 Å². The Hall–Kier alpha value is -2.18. The molecule has 0 heterocycles. The Kier molecular flexibility index (Phi) is 6.44.